The number of nitrogens with zero attached hydrogens (tertiary/aromatic N) is 2. The van der Waals surface area contributed by atoms with E-state index in [1.807, 2.05) is 12.1 Å². The highest BCUT2D eigenvalue weighted by Gasteiger charge is 2.16. The summed E-state index contributed by atoms with van der Waals surface area (Å²) in [5.74, 6) is 0. The summed E-state index contributed by atoms with van der Waals surface area (Å²) in [5.41, 5.74) is 1.32. The highest BCUT2D eigenvalue weighted by atomic mass is 79.9. The molecule has 98 valence electrons. The monoisotopic (exact) mass is 341 g/mol. The van der Waals surface area contributed by atoms with Gasteiger partial charge in [0.15, 0.2) is 0 Å². The lowest BCUT2D eigenvalue weighted by molar-refractivity contribution is -0.384. The minimum absolute atomic E-state index is 0.0664. The topological polar surface area (TPSA) is 68.1 Å². The van der Waals surface area contributed by atoms with E-state index < -0.39 is 4.92 Å². The third-order valence-corrected chi connectivity index (χ3v) is 3.31. The zero-order valence-corrected chi connectivity index (χ0v) is 12.0. The molecule has 0 atom stereocenters. The molecule has 0 saturated carbocycles. The lowest BCUT2D eigenvalue weighted by atomic mass is 10.2. The standard InChI is InChI=1S/C12H9BrClN3O2/c13-10-6-15-7-11(17(18)19)12(10)16-5-8-1-3-9(14)4-2-8/h1-4,6-7H,5H2,(H,15,16). The molecule has 0 fully saturated rings. The van der Waals surface area contributed by atoms with Crippen LogP contribution >= 0.6 is 27.5 Å². The van der Waals surface area contributed by atoms with Crippen LogP contribution in [0.3, 0.4) is 0 Å². The molecule has 0 spiro atoms. The summed E-state index contributed by atoms with van der Waals surface area (Å²) in [4.78, 5) is 14.2. The summed E-state index contributed by atoms with van der Waals surface area (Å²) >= 11 is 9.05. The van der Waals surface area contributed by atoms with Gasteiger partial charge in [0.25, 0.3) is 0 Å². The molecule has 19 heavy (non-hydrogen) atoms. The van der Waals surface area contributed by atoms with Crippen molar-refractivity contribution in [1.82, 2.24) is 4.98 Å². The number of hydrogen-bond donors (Lipinski definition) is 1. The van der Waals surface area contributed by atoms with E-state index in [-0.39, 0.29) is 5.69 Å². The Morgan fingerprint density at radius 3 is 2.63 bits per heavy atom. The van der Waals surface area contributed by atoms with E-state index in [2.05, 4.69) is 26.2 Å². The lowest BCUT2D eigenvalue weighted by Crippen LogP contribution is -2.04. The maximum absolute atomic E-state index is 10.9. The summed E-state index contributed by atoms with van der Waals surface area (Å²) in [5, 5.41) is 14.6. The van der Waals surface area contributed by atoms with Gasteiger partial charge >= 0.3 is 5.69 Å². The Labute approximate surface area is 122 Å². The molecule has 2 aromatic rings. The number of anilines is 1. The molecular formula is C12H9BrClN3O2. The number of benzene rings is 1. The fraction of sp³-hybridized carbons (Fsp3) is 0.0833. The van der Waals surface area contributed by atoms with Gasteiger partial charge in [-0.2, -0.15) is 0 Å². The average molecular weight is 343 g/mol. The van der Waals surface area contributed by atoms with Crippen molar-refractivity contribution >= 4 is 38.9 Å². The Balaban J connectivity index is 2.19. The van der Waals surface area contributed by atoms with Crippen LogP contribution in [-0.2, 0) is 6.54 Å². The molecule has 1 aromatic carbocycles. The quantitative estimate of drug-likeness (QED) is 0.673. The van der Waals surface area contributed by atoms with Crippen molar-refractivity contribution < 1.29 is 4.92 Å². The molecule has 2 rings (SSSR count). The molecule has 1 heterocycles. The van der Waals surface area contributed by atoms with E-state index in [0.717, 1.165) is 5.56 Å². The summed E-state index contributed by atoms with van der Waals surface area (Å²) < 4.78 is 0.552. The van der Waals surface area contributed by atoms with Crippen molar-refractivity contribution in [3.8, 4) is 0 Å². The first-order valence-corrected chi connectivity index (χ1v) is 6.51. The van der Waals surface area contributed by atoms with Gasteiger partial charge in [0.2, 0.25) is 0 Å². The van der Waals surface area contributed by atoms with Crippen molar-refractivity contribution in [2.24, 2.45) is 0 Å². The first-order valence-electron chi connectivity index (χ1n) is 5.34. The highest BCUT2D eigenvalue weighted by molar-refractivity contribution is 9.10. The van der Waals surface area contributed by atoms with Crippen LogP contribution in [0.5, 0.6) is 0 Å². The fourth-order valence-corrected chi connectivity index (χ4v) is 2.12. The van der Waals surface area contributed by atoms with E-state index in [4.69, 9.17) is 11.6 Å². The molecule has 0 bridgehead atoms. The maximum atomic E-state index is 10.9. The second-order valence-electron chi connectivity index (χ2n) is 3.75. The number of pyridine rings is 1. The molecule has 1 aromatic heterocycles. The Morgan fingerprint density at radius 2 is 2.00 bits per heavy atom. The Morgan fingerprint density at radius 1 is 1.32 bits per heavy atom. The van der Waals surface area contributed by atoms with Crippen LogP contribution in [0.15, 0.2) is 41.1 Å². The summed E-state index contributed by atoms with van der Waals surface area (Å²) in [6.45, 7) is 0.459. The minimum atomic E-state index is -0.470. The number of hydrogen-bond acceptors (Lipinski definition) is 4. The zero-order valence-electron chi connectivity index (χ0n) is 9.64. The molecule has 5 nitrogen and oxygen atoms in total. The first kappa shape index (κ1) is 13.8. The Hall–Kier alpha value is -1.66. The third kappa shape index (κ3) is 3.42. The van der Waals surface area contributed by atoms with E-state index in [1.54, 1.807) is 12.1 Å². The first-order chi connectivity index (χ1) is 9.08. The molecule has 0 radical (unpaired) electrons. The predicted octanol–water partition coefficient (Wildman–Crippen LogP) is 4.02. The van der Waals surface area contributed by atoms with Gasteiger partial charge < -0.3 is 5.32 Å². The van der Waals surface area contributed by atoms with E-state index in [1.165, 1.54) is 12.4 Å². The van der Waals surface area contributed by atoms with Crippen molar-refractivity contribution in [3.63, 3.8) is 0 Å². The SMILES string of the molecule is O=[N+]([O-])c1cncc(Br)c1NCc1ccc(Cl)cc1. The van der Waals surface area contributed by atoms with Gasteiger partial charge in [-0.05, 0) is 33.6 Å². The lowest BCUT2D eigenvalue weighted by Gasteiger charge is -2.08. The van der Waals surface area contributed by atoms with Gasteiger partial charge in [-0.25, -0.2) is 0 Å². The van der Waals surface area contributed by atoms with Gasteiger partial charge in [0, 0.05) is 17.8 Å². The molecule has 0 saturated heterocycles. The molecule has 1 N–H and O–H groups in total. The number of rotatable bonds is 4. The van der Waals surface area contributed by atoms with Crippen LogP contribution in [0.25, 0.3) is 0 Å². The van der Waals surface area contributed by atoms with Crippen molar-refractivity contribution in [2.45, 2.75) is 6.54 Å². The summed E-state index contributed by atoms with van der Waals surface area (Å²) in [6.07, 6.45) is 2.73. The molecule has 0 amide bonds. The molecule has 7 heteroatoms. The third-order valence-electron chi connectivity index (χ3n) is 2.46. The zero-order chi connectivity index (χ0) is 13.8. The number of nitro groups is 1. The van der Waals surface area contributed by atoms with Crippen LogP contribution in [0, 0.1) is 10.1 Å². The molecular weight excluding hydrogens is 334 g/mol. The van der Waals surface area contributed by atoms with Gasteiger partial charge in [-0.1, -0.05) is 23.7 Å². The highest BCUT2D eigenvalue weighted by Crippen LogP contribution is 2.31. The largest absolute Gasteiger partial charge is 0.374 e. The number of nitrogens with one attached hydrogen (secondary N) is 1. The second kappa shape index (κ2) is 5.99. The fourth-order valence-electron chi connectivity index (χ4n) is 1.53. The molecule has 0 aliphatic carbocycles. The number of halogens is 2. The van der Waals surface area contributed by atoms with Gasteiger partial charge in [-0.3, -0.25) is 15.1 Å². The maximum Gasteiger partial charge on any atom is 0.311 e. The van der Waals surface area contributed by atoms with Gasteiger partial charge in [0.1, 0.15) is 11.9 Å². The van der Waals surface area contributed by atoms with E-state index in [9.17, 15) is 10.1 Å². The van der Waals surface area contributed by atoms with E-state index >= 15 is 0 Å². The normalized spacial score (nSPS) is 10.2. The van der Waals surface area contributed by atoms with Crippen molar-refractivity contribution in [3.05, 3.63) is 61.8 Å². The van der Waals surface area contributed by atoms with Crippen LogP contribution < -0.4 is 5.32 Å². The Kier molecular flexibility index (Phi) is 4.34. The second-order valence-corrected chi connectivity index (χ2v) is 5.04. The molecule has 0 aliphatic rings. The van der Waals surface area contributed by atoms with Crippen LogP contribution in [-0.4, -0.2) is 9.91 Å². The number of aromatic nitrogens is 1. The van der Waals surface area contributed by atoms with Crippen molar-refractivity contribution in [1.29, 1.82) is 0 Å². The average Bonchev–Trinajstić information content (AvgIpc) is 2.39. The smallest absolute Gasteiger partial charge is 0.311 e. The van der Waals surface area contributed by atoms with Crippen molar-refractivity contribution in [2.75, 3.05) is 5.32 Å². The van der Waals surface area contributed by atoms with Crippen LogP contribution in [0.2, 0.25) is 5.02 Å². The van der Waals surface area contributed by atoms with Crippen LogP contribution in [0.1, 0.15) is 5.56 Å². The predicted molar refractivity (Wildman–Crippen MR) is 77.4 cm³/mol. The van der Waals surface area contributed by atoms with Crippen LogP contribution in [0.4, 0.5) is 11.4 Å². The minimum Gasteiger partial charge on any atom is -0.374 e. The summed E-state index contributed by atoms with van der Waals surface area (Å²) in [6, 6.07) is 7.26. The molecule has 0 aliphatic heterocycles. The van der Waals surface area contributed by atoms with Gasteiger partial charge in [-0.15, -0.1) is 0 Å². The van der Waals surface area contributed by atoms with Gasteiger partial charge in [0.05, 0.1) is 9.40 Å². The Bertz CT molecular complexity index is 604. The summed E-state index contributed by atoms with van der Waals surface area (Å²) in [7, 11) is 0. The van der Waals surface area contributed by atoms with E-state index in [0.29, 0.717) is 21.7 Å². The molecule has 0 unspecified atom stereocenters.